The number of rotatable bonds is 13. The van der Waals surface area contributed by atoms with Crippen molar-refractivity contribution in [3.8, 4) is 17.3 Å². The number of ether oxygens (including phenoxy) is 3. The number of aliphatic hydroxyl groups is 1. The van der Waals surface area contributed by atoms with Gasteiger partial charge in [0.25, 0.3) is 0 Å². The molecular formula is C25H31F2N3O4. The van der Waals surface area contributed by atoms with E-state index >= 15 is 0 Å². The smallest absolute Gasteiger partial charge is 0.227 e. The van der Waals surface area contributed by atoms with E-state index in [0.717, 1.165) is 17.8 Å². The number of para-hydroxylation sites is 1. The summed E-state index contributed by atoms with van der Waals surface area (Å²) >= 11 is 0. The topological polar surface area (TPSA) is 69.0 Å². The molecule has 0 saturated carbocycles. The number of methoxy groups -OCH3 is 1. The van der Waals surface area contributed by atoms with Gasteiger partial charge < -0.3 is 19.3 Å². The molecule has 1 heterocycles. The van der Waals surface area contributed by atoms with Gasteiger partial charge in [-0.3, -0.25) is 4.90 Å². The molecule has 3 rings (SSSR count). The van der Waals surface area contributed by atoms with Gasteiger partial charge in [-0.1, -0.05) is 18.2 Å². The van der Waals surface area contributed by atoms with Crippen LogP contribution in [-0.2, 0) is 16.0 Å². The molecule has 0 bridgehead atoms. The Labute approximate surface area is 198 Å². The van der Waals surface area contributed by atoms with Crippen molar-refractivity contribution in [3.63, 3.8) is 0 Å². The summed E-state index contributed by atoms with van der Waals surface area (Å²) in [6.07, 6.45) is -0.694. The molecule has 1 aromatic heterocycles. The summed E-state index contributed by atoms with van der Waals surface area (Å²) in [4.78, 5) is 2.00. The zero-order valence-electron chi connectivity index (χ0n) is 19.7. The Morgan fingerprint density at radius 3 is 2.59 bits per heavy atom. The van der Waals surface area contributed by atoms with Crippen molar-refractivity contribution in [2.75, 3.05) is 40.0 Å². The number of aromatic nitrogens is 2. The second-order valence-electron chi connectivity index (χ2n) is 7.83. The molecule has 0 saturated heterocycles. The normalized spacial score (nSPS) is 12.3. The van der Waals surface area contributed by atoms with Crippen LogP contribution in [0.15, 0.2) is 48.5 Å². The third-order valence-corrected chi connectivity index (χ3v) is 5.22. The second kappa shape index (κ2) is 12.6. The first-order valence-electron chi connectivity index (χ1n) is 11.2. The fraction of sp³-hybridized carbons (Fsp3) is 0.400. The summed E-state index contributed by atoms with van der Waals surface area (Å²) in [5.74, 6) is -1.30. The third-order valence-electron chi connectivity index (χ3n) is 5.22. The predicted octanol–water partition coefficient (Wildman–Crippen LogP) is 4.10. The van der Waals surface area contributed by atoms with E-state index in [1.54, 1.807) is 11.8 Å². The summed E-state index contributed by atoms with van der Waals surface area (Å²) in [5, 5.41) is 15.0. The lowest BCUT2D eigenvalue weighted by molar-refractivity contribution is 0.0147. The van der Waals surface area contributed by atoms with Crippen molar-refractivity contribution in [1.29, 1.82) is 0 Å². The van der Waals surface area contributed by atoms with E-state index in [1.807, 2.05) is 49.1 Å². The highest BCUT2D eigenvalue weighted by atomic mass is 19.1. The molecule has 34 heavy (non-hydrogen) atoms. The third kappa shape index (κ3) is 6.83. The average Bonchev–Trinajstić information content (AvgIpc) is 3.13. The maximum atomic E-state index is 14.5. The quantitative estimate of drug-likeness (QED) is 0.402. The highest BCUT2D eigenvalue weighted by molar-refractivity contribution is 5.43. The summed E-state index contributed by atoms with van der Waals surface area (Å²) in [5.41, 5.74) is 2.13. The van der Waals surface area contributed by atoms with Gasteiger partial charge in [-0.2, -0.15) is 5.10 Å². The fourth-order valence-electron chi connectivity index (χ4n) is 3.52. The number of halogens is 2. The monoisotopic (exact) mass is 475 g/mol. The van der Waals surface area contributed by atoms with Crippen LogP contribution in [0.1, 0.15) is 18.2 Å². The summed E-state index contributed by atoms with van der Waals surface area (Å²) < 4.78 is 46.1. The highest BCUT2D eigenvalue weighted by Gasteiger charge is 2.23. The Morgan fingerprint density at radius 1 is 1.15 bits per heavy atom. The molecule has 0 radical (unpaired) electrons. The lowest BCUT2D eigenvalue weighted by Gasteiger charge is -2.25. The fourth-order valence-corrected chi connectivity index (χ4v) is 3.52. The molecule has 0 aliphatic rings. The predicted molar refractivity (Wildman–Crippen MR) is 124 cm³/mol. The number of aryl methyl sites for hydroxylation is 1. The lowest BCUT2D eigenvalue weighted by Crippen LogP contribution is -2.36. The van der Waals surface area contributed by atoms with Crippen LogP contribution in [0.4, 0.5) is 8.78 Å². The number of benzene rings is 2. The SMILES string of the molecule is CCOC[C@@H](O)CN(CCOC)Cc1c(C)nn(-c2ccccc2)c1Oc1ccc(F)cc1F. The Hall–Kier alpha value is -2.85. The van der Waals surface area contributed by atoms with E-state index in [-0.39, 0.29) is 12.4 Å². The van der Waals surface area contributed by atoms with E-state index in [2.05, 4.69) is 5.10 Å². The van der Waals surface area contributed by atoms with Crippen molar-refractivity contribution in [1.82, 2.24) is 14.7 Å². The van der Waals surface area contributed by atoms with E-state index in [0.29, 0.717) is 50.0 Å². The maximum Gasteiger partial charge on any atom is 0.227 e. The molecule has 1 atom stereocenters. The molecule has 2 aromatic carbocycles. The Kier molecular flexibility index (Phi) is 9.52. The van der Waals surface area contributed by atoms with Crippen LogP contribution in [0.3, 0.4) is 0 Å². The highest BCUT2D eigenvalue weighted by Crippen LogP contribution is 2.33. The minimum Gasteiger partial charge on any atom is -0.435 e. The van der Waals surface area contributed by atoms with Gasteiger partial charge in [0.1, 0.15) is 5.82 Å². The minimum absolute atomic E-state index is 0.112. The molecule has 0 amide bonds. The Bertz CT molecular complexity index is 1050. The lowest BCUT2D eigenvalue weighted by atomic mass is 10.2. The first-order valence-corrected chi connectivity index (χ1v) is 11.2. The molecule has 0 aliphatic heterocycles. The van der Waals surface area contributed by atoms with Gasteiger partial charge in [-0.25, -0.2) is 13.5 Å². The molecule has 9 heteroatoms. The van der Waals surface area contributed by atoms with E-state index in [4.69, 9.17) is 14.2 Å². The summed E-state index contributed by atoms with van der Waals surface area (Å²) in [6.45, 7) is 6.14. The first kappa shape index (κ1) is 25.8. The van der Waals surface area contributed by atoms with E-state index in [1.165, 1.54) is 6.07 Å². The number of hydrogen-bond acceptors (Lipinski definition) is 6. The van der Waals surface area contributed by atoms with Crippen molar-refractivity contribution in [2.45, 2.75) is 26.5 Å². The van der Waals surface area contributed by atoms with Crippen LogP contribution >= 0.6 is 0 Å². The number of hydrogen-bond donors (Lipinski definition) is 1. The van der Waals surface area contributed by atoms with Gasteiger partial charge in [0, 0.05) is 39.4 Å². The second-order valence-corrected chi connectivity index (χ2v) is 7.83. The van der Waals surface area contributed by atoms with Gasteiger partial charge in [0.2, 0.25) is 5.88 Å². The van der Waals surface area contributed by atoms with Gasteiger partial charge in [0.15, 0.2) is 11.6 Å². The van der Waals surface area contributed by atoms with Gasteiger partial charge >= 0.3 is 0 Å². The van der Waals surface area contributed by atoms with Gasteiger partial charge in [0.05, 0.1) is 36.3 Å². The van der Waals surface area contributed by atoms with Crippen LogP contribution in [0.5, 0.6) is 11.6 Å². The standard InChI is InChI=1S/C25H31F2N3O4/c1-4-33-17-21(31)15-29(12-13-32-3)16-22-18(2)28-30(20-8-6-5-7-9-20)25(22)34-24-11-10-19(26)14-23(24)27/h5-11,14,21,31H,4,12-13,15-17H2,1-3H3/t21-/m0/s1. The Balaban J connectivity index is 1.98. The first-order chi connectivity index (χ1) is 16.4. The average molecular weight is 476 g/mol. The molecular weight excluding hydrogens is 444 g/mol. The largest absolute Gasteiger partial charge is 0.435 e. The zero-order valence-corrected chi connectivity index (χ0v) is 19.7. The molecule has 0 fully saturated rings. The van der Waals surface area contributed by atoms with Crippen molar-refractivity contribution < 1.29 is 28.1 Å². The van der Waals surface area contributed by atoms with Gasteiger partial charge in [-0.15, -0.1) is 0 Å². The Morgan fingerprint density at radius 2 is 1.91 bits per heavy atom. The molecule has 3 aromatic rings. The number of aliphatic hydroxyl groups excluding tert-OH is 1. The van der Waals surface area contributed by atoms with Crippen LogP contribution in [0.25, 0.3) is 5.69 Å². The minimum atomic E-state index is -0.812. The van der Waals surface area contributed by atoms with Crippen LogP contribution in [0.2, 0.25) is 0 Å². The van der Waals surface area contributed by atoms with Crippen molar-refractivity contribution >= 4 is 0 Å². The van der Waals surface area contributed by atoms with Crippen LogP contribution in [0, 0.1) is 18.6 Å². The maximum absolute atomic E-state index is 14.5. The number of nitrogens with zero attached hydrogens (tertiary/aromatic N) is 3. The summed E-state index contributed by atoms with van der Waals surface area (Å²) in [6, 6.07) is 12.5. The molecule has 0 spiro atoms. The van der Waals surface area contributed by atoms with Crippen molar-refractivity contribution in [2.24, 2.45) is 0 Å². The van der Waals surface area contributed by atoms with Crippen molar-refractivity contribution in [3.05, 3.63) is 71.4 Å². The molecule has 0 aliphatic carbocycles. The zero-order chi connectivity index (χ0) is 24.5. The molecule has 184 valence electrons. The molecule has 0 unspecified atom stereocenters. The van der Waals surface area contributed by atoms with E-state index < -0.39 is 17.7 Å². The molecule has 1 N–H and O–H groups in total. The van der Waals surface area contributed by atoms with E-state index in [9.17, 15) is 13.9 Å². The van der Waals surface area contributed by atoms with Crippen LogP contribution in [-0.4, -0.2) is 65.9 Å². The van der Waals surface area contributed by atoms with Gasteiger partial charge in [-0.05, 0) is 38.1 Å². The molecule has 7 nitrogen and oxygen atoms in total. The summed E-state index contributed by atoms with van der Waals surface area (Å²) in [7, 11) is 1.61. The van der Waals surface area contributed by atoms with Crippen LogP contribution < -0.4 is 4.74 Å².